The SMILES string of the molecule is Nc1ccccc1NC(=O)CCCCCCC(=O)NCc1cccc(-c2cccc([C@@H]3O[C@H](CSc4ccccc4)C[C@H](c4ccc(CO)cc4)O3)c2)c1. The fraction of sp³-hybridized carbons (Fsp3) is 0.289. The molecule has 1 fully saturated rings. The zero-order chi connectivity index (χ0) is 37.5. The number of carbonyl (C=O) groups is 2. The zero-order valence-corrected chi connectivity index (χ0v) is 31.3. The van der Waals surface area contributed by atoms with Crippen molar-refractivity contribution in [1.29, 1.82) is 0 Å². The molecule has 54 heavy (non-hydrogen) atoms. The zero-order valence-electron chi connectivity index (χ0n) is 30.5. The van der Waals surface area contributed by atoms with Crippen LogP contribution >= 0.6 is 11.8 Å². The first kappa shape index (κ1) is 38.8. The summed E-state index contributed by atoms with van der Waals surface area (Å²) in [7, 11) is 0. The lowest BCUT2D eigenvalue weighted by atomic mass is 9.99. The summed E-state index contributed by atoms with van der Waals surface area (Å²) in [4.78, 5) is 26.1. The number of amides is 2. The Bertz CT molecular complexity index is 1960. The molecule has 5 aromatic rings. The largest absolute Gasteiger partial charge is 0.397 e. The minimum absolute atomic E-state index is 0.00516. The molecule has 1 aliphatic heterocycles. The highest BCUT2D eigenvalue weighted by Gasteiger charge is 2.32. The van der Waals surface area contributed by atoms with E-state index in [1.807, 2.05) is 66.7 Å². The fourth-order valence-electron chi connectivity index (χ4n) is 6.49. The van der Waals surface area contributed by atoms with Crippen LogP contribution in [0.3, 0.4) is 0 Å². The van der Waals surface area contributed by atoms with E-state index in [2.05, 4.69) is 59.2 Å². The van der Waals surface area contributed by atoms with Gasteiger partial charge in [-0.3, -0.25) is 9.59 Å². The molecule has 0 saturated carbocycles. The molecular weight excluding hydrogens is 695 g/mol. The first-order chi connectivity index (χ1) is 26.4. The number of thioether (sulfide) groups is 1. The van der Waals surface area contributed by atoms with Gasteiger partial charge in [-0.2, -0.15) is 0 Å². The van der Waals surface area contributed by atoms with Crippen molar-refractivity contribution in [3.8, 4) is 11.1 Å². The van der Waals surface area contributed by atoms with Crippen molar-refractivity contribution in [2.75, 3.05) is 16.8 Å². The molecular formula is C45H49N3O5S. The van der Waals surface area contributed by atoms with Crippen molar-refractivity contribution in [1.82, 2.24) is 5.32 Å². The van der Waals surface area contributed by atoms with Gasteiger partial charge < -0.3 is 30.9 Å². The lowest BCUT2D eigenvalue weighted by Crippen LogP contribution is -2.31. The number of nitrogens with one attached hydrogen (secondary N) is 2. The number of rotatable bonds is 17. The van der Waals surface area contributed by atoms with E-state index in [4.69, 9.17) is 15.2 Å². The average molecular weight is 744 g/mol. The molecule has 5 N–H and O–H groups in total. The monoisotopic (exact) mass is 743 g/mol. The third kappa shape index (κ3) is 11.5. The molecule has 280 valence electrons. The van der Waals surface area contributed by atoms with Gasteiger partial charge in [0.25, 0.3) is 0 Å². The Morgan fingerprint density at radius 1 is 0.704 bits per heavy atom. The minimum atomic E-state index is -0.545. The lowest BCUT2D eigenvalue weighted by Gasteiger charge is -2.36. The normalized spacial score (nSPS) is 16.8. The van der Waals surface area contributed by atoms with Gasteiger partial charge in [0.2, 0.25) is 11.8 Å². The molecule has 9 heteroatoms. The van der Waals surface area contributed by atoms with Crippen LogP contribution in [0, 0.1) is 0 Å². The summed E-state index contributed by atoms with van der Waals surface area (Å²) in [6.07, 6.45) is 4.19. The number of anilines is 2. The Morgan fingerprint density at radius 3 is 2.17 bits per heavy atom. The molecule has 8 nitrogen and oxygen atoms in total. The number of carbonyl (C=O) groups excluding carboxylic acids is 2. The second-order valence-corrected chi connectivity index (χ2v) is 14.7. The Labute approximate surface area is 322 Å². The maximum Gasteiger partial charge on any atom is 0.224 e. The van der Waals surface area contributed by atoms with Crippen molar-refractivity contribution in [2.45, 2.75) is 81.5 Å². The van der Waals surface area contributed by atoms with Crippen LogP contribution in [0.4, 0.5) is 11.4 Å². The number of benzene rings is 5. The summed E-state index contributed by atoms with van der Waals surface area (Å²) in [5, 5.41) is 15.5. The molecule has 3 atom stereocenters. The molecule has 0 spiro atoms. The summed E-state index contributed by atoms with van der Waals surface area (Å²) in [5.74, 6) is 0.770. The predicted molar refractivity (Wildman–Crippen MR) is 216 cm³/mol. The van der Waals surface area contributed by atoms with E-state index in [1.165, 1.54) is 4.90 Å². The summed E-state index contributed by atoms with van der Waals surface area (Å²) >= 11 is 1.78. The number of aliphatic hydroxyl groups excluding tert-OH is 1. The van der Waals surface area contributed by atoms with E-state index in [0.29, 0.717) is 30.8 Å². The second-order valence-electron chi connectivity index (χ2n) is 13.6. The number of unbranched alkanes of at least 4 members (excludes halogenated alkanes) is 3. The first-order valence-electron chi connectivity index (χ1n) is 18.7. The number of hydrogen-bond acceptors (Lipinski definition) is 7. The van der Waals surface area contributed by atoms with Crippen LogP contribution in [0.2, 0.25) is 0 Å². The molecule has 2 amide bonds. The van der Waals surface area contributed by atoms with Crippen molar-refractivity contribution >= 4 is 35.0 Å². The molecule has 0 bridgehead atoms. The van der Waals surface area contributed by atoms with Gasteiger partial charge in [-0.05, 0) is 77.1 Å². The highest BCUT2D eigenvalue weighted by molar-refractivity contribution is 7.99. The maximum absolute atomic E-state index is 12.7. The van der Waals surface area contributed by atoms with Crippen LogP contribution in [-0.2, 0) is 32.2 Å². The van der Waals surface area contributed by atoms with E-state index in [1.54, 1.807) is 23.9 Å². The molecule has 1 aliphatic rings. The maximum atomic E-state index is 12.7. The predicted octanol–water partition coefficient (Wildman–Crippen LogP) is 9.36. The molecule has 0 radical (unpaired) electrons. The van der Waals surface area contributed by atoms with E-state index in [-0.39, 0.29) is 30.6 Å². The van der Waals surface area contributed by atoms with Gasteiger partial charge in [-0.1, -0.05) is 104 Å². The van der Waals surface area contributed by atoms with Crippen LogP contribution in [0.15, 0.2) is 132 Å². The summed E-state index contributed by atoms with van der Waals surface area (Å²) in [6.45, 7) is 0.451. The van der Waals surface area contributed by atoms with Gasteiger partial charge in [-0.25, -0.2) is 0 Å². The topological polar surface area (TPSA) is 123 Å². The molecule has 0 unspecified atom stereocenters. The standard InChI is InChI=1S/C45H49N3O5S/c46-40-18-8-9-19-41(40)48-44(51)21-7-2-1-6-20-43(50)47-29-33-12-10-13-35(26-33)36-14-11-15-37(27-36)45-52-38(31-54-39-16-4-3-5-17-39)28-42(53-45)34-24-22-32(30-49)23-25-34/h3-5,8-19,22-27,38,42,45,49H,1-2,6-7,20-21,28-31,46H2,(H,47,50)(H,48,51)/t38-,42+,45+/m0/s1. The Kier molecular flexibility index (Phi) is 14.3. The van der Waals surface area contributed by atoms with Crippen LogP contribution in [0.25, 0.3) is 11.1 Å². The number of para-hydroxylation sites is 2. The van der Waals surface area contributed by atoms with E-state index >= 15 is 0 Å². The highest BCUT2D eigenvalue weighted by atomic mass is 32.2. The molecule has 5 aromatic carbocycles. The second kappa shape index (κ2) is 19.9. The van der Waals surface area contributed by atoms with Crippen LogP contribution < -0.4 is 16.4 Å². The minimum Gasteiger partial charge on any atom is -0.397 e. The smallest absolute Gasteiger partial charge is 0.224 e. The van der Waals surface area contributed by atoms with Crippen molar-refractivity contribution in [2.24, 2.45) is 0 Å². The van der Waals surface area contributed by atoms with Gasteiger partial charge >= 0.3 is 0 Å². The van der Waals surface area contributed by atoms with Gasteiger partial charge in [0.15, 0.2) is 6.29 Å². The third-order valence-electron chi connectivity index (χ3n) is 9.50. The molecule has 1 saturated heterocycles. The number of hydrogen-bond donors (Lipinski definition) is 4. The van der Waals surface area contributed by atoms with Crippen molar-refractivity contribution < 1.29 is 24.2 Å². The number of nitrogens with two attached hydrogens (primary N) is 1. The molecule has 6 rings (SSSR count). The van der Waals surface area contributed by atoms with Gasteiger partial charge in [0.05, 0.1) is 30.2 Å². The van der Waals surface area contributed by atoms with E-state index < -0.39 is 6.29 Å². The summed E-state index contributed by atoms with van der Waals surface area (Å²) in [6, 6.07) is 42.1. The van der Waals surface area contributed by atoms with Crippen molar-refractivity contribution in [3.05, 3.63) is 150 Å². The quantitative estimate of drug-likeness (QED) is 0.0425. The van der Waals surface area contributed by atoms with Gasteiger partial charge in [0.1, 0.15) is 0 Å². The summed E-state index contributed by atoms with van der Waals surface area (Å²) < 4.78 is 13.2. The summed E-state index contributed by atoms with van der Waals surface area (Å²) in [5.41, 5.74) is 13.1. The molecule has 0 aromatic heterocycles. The first-order valence-corrected chi connectivity index (χ1v) is 19.7. The molecule has 0 aliphatic carbocycles. The van der Waals surface area contributed by atoms with Gasteiger partial charge in [-0.15, -0.1) is 11.8 Å². The Morgan fingerprint density at radius 2 is 1.41 bits per heavy atom. The Hall–Kier alpha value is -4.93. The lowest BCUT2D eigenvalue weighted by molar-refractivity contribution is -0.245. The van der Waals surface area contributed by atoms with Crippen LogP contribution in [0.1, 0.15) is 79.6 Å². The average Bonchev–Trinajstić information content (AvgIpc) is 3.22. The van der Waals surface area contributed by atoms with Crippen LogP contribution in [0.5, 0.6) is 0 Å². The van der Waals surface area contributed by atoms with Crippen molar-refractivity contribution in [3.63, 3.8) is 0 Å². The third-order valence-corrected chi connectivity index (χ3v) is 10.6. The number of ether oxygens (including phenoxy) is 2. The number of nitrogen functional groups attached to an aromatic ring is 1. The fourth-order valence-corrected chi connectivity index (χ4v) is 7.43. The highest BCUT2D eigenvalue weighted by Crippen LogP contribution is 2.40. The molecule has 1 heterocycles. The van der Waals surface area contributed by atoms with Gasteiger partial charge in [0, 0.05) is 42.0 Å². The number of aliphatic hydroxyl groups is 1. The van der Waals surface area contributed by atoms with Crippen LogP contribution in [-0.4, -0.2) is 28.8 Å². The Balaban J connectivity index is 1.00. The van der Waals surface area contributed by atoms with E-state index in [0.717, 1.165) is 71.2 Å². The van der Waals surface area contributed by atoms with E-state index in [9.17, 15) is 14.7 Å².